The maximum absolute atomic E-state index is 12.4. The van der Waals surface area contributed by atoms with E-state index in [1.807, 2.05) is 24.3 Å². The Morgan fingerprint density at radius 1 is 1.20 bits per heavy atom. The number of ketones is 1. The molecular formula is C16H21IN2O. The highest BCUT2D eigenvalue weighted by atomic mass is 127. The number of halogens is 1. The lowest BCUT2D eigenvalue weighted by Crippen LogP contribution is -2.38. The Labute approximate surface area is 134 Å². The molecule has 2 unspecified atom stereocenters. The maximum atomic E-state index is 12.4. The van der Waals surface area contributed by atoms with Crippen LogP contribution in [-0.2, 0) is 0 Å². The number of rotatable bonds is 3. The van der Waals surface area contributed by atoms with Crippen LogP contribution in [0.25, 0.3) is 0 Å². The van der Waals surface area contributed by atoms with Gasteiger partial charge in [-0.2, -0.15) is 0 Å². The second-order valence-corrected chi connectivity index (χ2v) is 7.25. The van der Waals surface area contributed by atoms with Crippen LogP contribution >= 0.6 is 22.6 Å². The third-order valence-corrected chi connectivity index (χ3v) is 5.49. The van der Waals surface area contributed by atoms with Crippen LogP contribution in [0, 0.1) is 3.57 Å². The van der Waals surface area contributed by atoms with Crippen LogP contribution in [0.5, 0.6) is 0 Å². The van der Waals surface area contributed by atoms with Crippen LogP contribution in [0.2, 0.25) is 0 Å². The normalized spacial score (nSPS) is 27.5. The Morgan fingerprint density at radius 2 is 1.90 bits per heavy atom. The summed E-state index contributed by atoms with van der Waals surface area (Å²) in [4.78, 5) is 17.2. The van der Waals surface area contributed by atoms with Crippen LogP contribution in [0.15, 0.2) is 24.3 Å². The second-order valence-electron chi connectivity index (χ2n) is 6.00. The number of likely N-dealkylation sites (tertiary alicyclic amines) is 1. The molecule has 2 atom stereocenters. The molecule has 2 bridgehead atoms. The SMILES string of the molecule is CN1C2CCC1CN(CC(=O)c1ccc(I)cc1)CC2. The van der Waals surface area contributed by atoms with Gasteiger partial charge in [0.15, 0.2) is 5.78 Å². The van der Waals surface area contributed by atoms with Gasteiger partial charge in [-0.1, -0.05) is 12.1 Å². The molecule has 2 aliphatic heterocycles. The van der Waals surface area contributed by atoms with E-state index in [0.717, 1.165) is 24.7 Å². The number of benzene rings is 1. The van der Waals surface area contributed by atoms with Crippen molar-refractivity contribution >= 4 is 28.4 Å². The van der Waals surface area contributed by atoms with Crippen LogP contribution in [0.4, 0.5) is 0 Å². The molecule has 3 rings (SSSR count). The zero-order valence-electron chi connectivity index (χ0n) is 11.9. The van der Waals surface area contributed by atoms with E-state index in [1.54, 1.807) is 0 Å². The highest BCUT2D eigenvalue weighted by molar-refractivity contribution is 14.1. The number of carbonyl (C=O) groups is 1. The van der Waals surface area contributed by atoms with Crippen molar-refractivity contribution in [2.24, 2.45) is 0 Å². The van der Waals surface area contributed by atoms with Gasteiger partial charge in [-0.3, -0.25) is 14.6 Å². The first-order valence-electron chi connectivity index (χ1n) is 7.36. The van der Waals surface area contributed by atoms with Gasteiger partial charge in [-0.25, -0.2) is 0 Å². The summed E-state index contributed by atoms with van der Waals surface area (Å²) < 4.78 is 1.17. The van der Waals surface area contributed by atoms with Crippen LogP contribution in [0.1, 0.15) is 29.6 Å². The van der Waals surface area contributed by atoms with Crippen molar-refractivity contribution in [1.29, 1.82) is 0 Å². The van der Waals surface area contributed by atoms with Crippen LogP contribution in [0.3, 0.4) is 0 Å². The summed E-state index contributed by atoms with van der Waals surface area (Å²) in [7, 11) is 2.24. The molecule has 3 nitrogen and oxygen atoms in total. The topological polar surface area (TPSA) is 23.6 Å². The summed E-state index contributed by atoms with van der Waals surface area (Å²) in [5.74, 6) is 0.252. The first-order chi connectivity index (χ1) is 9.63. The molecule has 1 aromatic carbocycles. The lowest BCUT2D eigenvalue weighted by Gasteiger charge is -2.25. The summed E-state index contributed by atoms with van der Waals surface area (Å²) >= 11 is 2.27. The third-order valence-electron chi connectivity index (χ3n) is 4.77. The van der Waals surface area contributed by atoms with Crippen molar-refractivity contribution in [3.63, 3.8) is 0 Å². The number of hydrogen-bond donors (Lipinski definition) is 0. The molecule has 2 fully saturated rings. The average molecular weight is 384 g/mol. The molecule has 2 saturated heterocycles. The molecule has 0 radical (unpaired) electrons. The molecule has 108 valence electrons. The monoisotopic (exact) mass is 384 g/mol. The lowest BCUT2D eigenvalue weighted by atomic mass is 10.1. The fraction of sp³-hybridized carbons (Fsp3) is 0.562. The predicted octanol–water partition coefficient (Wildman–Crippen LogP) is 2.64. The average Bonchev–Trinajstić information content (AvgIpc) is 2.68. The van der Waals surface area contributed by atoms with Crippen molar-refractivity contribution in [2.45, 2.75) is 31.3 Å². The molecule has 20 heavy (non-hydrogen) atoms. The second kappa shape index (κ2) is 6.12. The summed E-state index contributed by atoms with van der Waals surface area (Å²) in [5.41, 5.74) is 0.841. The molecule has 1 aromatic rings. The standard InChI is InChI=1S/C16H21IN2O/c1-18-14-6-7-15(18)10-19(9-8-14)11-16(20)12-2-4-13(17)5-3-12/h2-5,14-15H,6-11H2,1H3. The van der Waals surface area contributed by atoms with E-state index in [1.165, 1.54) is 22.8 Å². The van der Waals surface area contributed by atoms with Crippen molar-refractivity contribution < 1.29 is 4.79 Å². The van der Waals surface area contributed by atoms with E-state index < -0.39 is 0 Å². The van der Waals surface area contributed by atoms with Gasteiger partial charge >= 0.3 is 0 Å². The van der Waals surface area contributed by atoms with Crippen molar-refractivity contribution in [1.82, 2.24) is 9.80 Å². The van der Waals surface area contributed by atoms with E-state index in [0.29, 0.717) is 12.6 Å². The molecular weight excluding hydrogens is 363 g/mol. The largest absolute Gasteiger partial charge is 0.299 e. The Hall–Kier alpha value is -0.460. The van der Waals surface area contributed by atoms with Gasteiger partial charge in [0.05, 0.1) is 6.54 Å². The van der Waals surface area contributed by atoms with Gasteiger partial charge in [0.2, 0.25) is 0 Å². The van der Waals surface area contributed by atoms with E-state index in [2.05, 4.69) is 39.4 Å². The zero-order chi connectivity index (χ0) is 14.1. The molecule has 0 saturated carbocycles. The number of likely N-dealkylation sites (N-methyl/N-ethyl adjacent to an activating group) is 1. The number of carbonyl (C=O) groups excluding carboxylic acids is 1. The van der Waals surface area contributed by atoms with Gasteiger partial charge in [-0.15, -0.1) is 0 Å². The molecule has 0 spiro atoms. The Morgan fingerprint density at radius 3 is 2.65 bits per heavy atom. The minimum atomic E-state index is 0.252. The summed E-state index contributed by atoms with van der Waals surface area (Å²) in [6.07, 6.45) is 3.82. The zero-order valence-corrected chi connectivity index (χ0v) is 14.0. The summed E-state index contributed by atoms with van der Waals surface area (Å²) in [6.45, 7) is 2.67. The molecule has 0 aromatic heterocycles. The van der Waals surface area contributed by atoms with E-state index in [9.17, 15) is 4.79 Å². The predicted molar refractivity (Wildman–Crippen MR) is 89.1 cm³/mol. The van der Waals surface area contributed by atoms with Crippen molar-refractivity contribution in [2.75, 3.05) is 26.7 Å². The smallest absolute Gasteiger partial charge is 0.176 e. The van der Waals surface area contributed by atoms with Crippen molar-refractivity contribution in [3.8, 4) is 0 Å². The Balaban J connectivity index is 1.63. The number of fused-ring (bicyclic) bond motifs is 2. The fourth-order valence-corrected chi connectivity index (χ4v) is 3.81. The van der Waals surface area contributed by atoms with Crippen molar-refractivity contribution in [3.05, 3.63) is 33.4 Å². The van der Waals surface area contributed by atoms with E-state index in [-0.39, 0.29) is 5.78 Å². The van der Waals surface area contributed by atoms with Crippen LogP contribution < -0.4 is 0 Å². The van der Waals surface area contributed by atoms with Gasteiger partial charge in [0, 0.05) is 34.3 Å². The van der Waals surface area contributed by atoms with Gasteiger partial charge in [0.25, 0.3) is 0 Å². The third kappa shape index (κ3) is 3.07. The first-order valence-corrected chi connectivity index (χ1v) is 8.44. The highest BCUT2D eigenvalue weighted by Gasteiger charge is 2.34. The van der Waals surface area contributed by atoms with Gasteiger partial charge in [-0.05, 0) is 61.0 Å². The number of nitrogens with zero attached hydrogens (tertiary/aromatic N) is 2. The van der Waals surface area contributed by atoms with E-state index in [4.69, 9.17) is 0 Å². The Bertz CT molecular complexity index is 488. The minimum absolute atomic E-state index is 0.252. The summed E-state index contributed by atoms with van der Waals surface area (Å²) in [6, 6.07) is 9.28. The maximum Gasteiger partial charge on any atom is 0.176 e. The molecule has 2 heterocycles. The number of Topliss-reactive ketones (excluding diaryl/α,β-unsaturated/α-hetero) is 1. The number of hydrogen-bond acceptors (Lipinski definition) is 3. The quantitative estimate of drug-likeness (QED) is 0.592. The summed E-state index contributed by atoms with van der Waals surface area (Å²) in [5, 5.41) is 0. The lowest BCUT2D eigenvalue weighted by molar-refractivity contribution is 0.0923. The molecule has 2 aliphatic rings. The molecule has 0 amide bonds. The van der Waals surface area contributed by atoms with Gasteiger partial charge < -0.3 is 0 Å². The molecule has 4 heteroatoms. The highest BCUT2D eigenvalue weighted by Crippen LogP contribution is 2.28. The van der Waals surface area contributed by atoms with Crippen LogP contribution in [-0.4, -0.2) is 54.3 Å². The van der Waals surface area contributed by atoms with Gasteiger partial charge in [0.1, 0.15) is 0 Å². The minimum Gasteiger partial charge on any atom is -0.299 e. The fourth-order valence-electron chi connectivity index (χ4n) is 3.45. The molecule has 0 N–H and O–H groups in total. The van der Waals surface area contributed by atoms with E-state index >= 15 is 0 Å². The molecule has 0 aliphatic carbocycles. The Kier molecular flexibility index (Phi) is 4.43. The first kappa shape index (κ1) is 14.5.